The number of pyridine rings is 2. The van der Waals surface area contributed by atoms with E-state index in [1.54, 1.807) is 35.2 Å². The van der Waals surface area contributed by atoms with E-state index in [2.05, 4.69) is 10.3 Å². The van der Waals surface area contributed by atoms with Crippen molar-refractivity contribution >= 4 is 22.6 Å². The number of carbonyl (C=O) groups is 1. The Morgan fingerprint density at radius 1 is 1.19 bits per heavy atom. The average molecular weight is 368 g/mol. The van der Waals surface area contributed by atoms with Crippen LogP contribution in [-0.4, -0.2) is 46.8 Å². The van der Waals surface area contributed by atoms with E-state index in [1.807, 2.05) is 4.90 Å². The molecule has 1 saturated heterocycles. The third-order valence-electron chi connectivity index (χ3n) is 4.70. The normalized spacial score (nSPS) is 14.5. The molecule has 8 heteroatoms. The van der Waals surface area contributed by atoms with Crippen LogP contribution in [0.1, 0.15) is 10.4 Å². The van der Waals surface area contributed by atoms with Gasteiger partial charge in [-0.25, -0.2) is 9.18 Å². The van der Waals surface area contributed by atoms with E-state index in [4.69, 9.17) is 0 Å². The van der Waals surface area contributed by atoms with Gasteiger partial charge in [0.25, 0.3) is 0 Å². The number of halogens is 1. The lowest BCUT2D eigenvalue weighted by molar-refractivity contribution is 0.0695. The summed E-state index contributed by atoms with van der Waals surface area (Å²) in [6, 6.07) is 6.15. The minimum Gasteiger partial charge on any atom is -0.477 e. The first-order valence-electron chi connectivity index (χ1n) is 8.54. The number of aromatic carboxylic acids is 1. The van der Waals surface area contributed by atoms with Gasteiger partial charge in [0.2, 0.25) is 5.43 Å². The minimum atomic E-state index is -1.35. The second kappa shape index (κ2) is 6.81. The van der Waals surface area contributed by atoms with Crippen LogP contribution in [0.15, 0.2) is 47.7 Å². The third kappa shape index (κ3) is 3.04. The number of fused-ring (bicyclic) bond motifs is 1. The number of piperazine rings is 1. The molecule has 0 spiro atoms. The maximum Gasteiger partial charge on any atom is 0.341 e. The molecule has 27 heavy (non-hydrogen) atoms. The number of aromatic nitrogens is 2. The van der Waals surface area contributed by atoms with Crippen molar-refractivity contribution in [1.82, 2.24) is 14.9 Å². The molecule has 138 valence electrons. The highest BCUT2D eigenvalue weighted by molar-refractivity contribution is 5.94. The van der Waals surface area contributed by atoms with Crippen molar-refractivity contribution in [2.45, 2.75) is 0 Å². The molecule has 0 radical (unpaired) electrons. The van der Waals surface area contributed by atoms with Crippen molar-refractivity contribution < 1.29 is 14.3 Å². The number of anilines is 1. The Balaban J connectivity index is 2.02. The van der Waals surface area contributed by atoms with Crippen molar-refractivity contribution in [1.29, 1.82) is 0 Å². The Labute approximate surface area is 153 Å². The highest BCUT2D eigenvalue weighted by atomic mass is 19.1. The first kappa shape index (κ1) is 17.2. The van der Waals surface area contributed by atoms with Gasteiger partial charge in [0, 0.05) is 55.8 Å². The molecule has 1 aliphatic rings. The molecule has 1 aromatic carbocycles. The van der Waals surface area contributed by atoms with Crippen LogP contribution in [0.5, 0.6) is 0 Å². The van der Waals surface area contributed by atoms with Crippen molar-refractivity contribution in [3.8, 4) is 5.69 Å². The largest absolute Gasteiger partial charge is 0.477 e. The zero-order valence-corrected chi connectivity index (χ0v) is 14.4. The molecule has 2 aromatic heterocycles. The van der Waals surface area contributed by atoms with Crippen LogP contribution in [0.25, 0.3) is 16.6 Å². The van der Waals surface area contributed by atoms with E-state index in [0.717, 1.165) is 19.2 Å². The van der Waals surface area contributed by atoms with Gasteiger partial charge in [0.05, 0.1) is 11.2 Å². The van der Waals surface area contributed by atoms with Crippen LogP contribution in [0.3, 0.4) is 0 Å². The van der Waals surface area contributed by atoms with Crippen LogP contribution in [0, 0.1) is 5.82 Å². The van der Waals surface area contributed by atoms with Gasteiger partial charge in [-0.2, -0.15) is 0 Å². The Kier molecular flexibility index (Phi) is 4.33. The lowest BCUT2D eigenvalue weighted by Crippen LogP contribution is -2.43. The number of rotatable bonds is 3. The van der Waals surface area contributed by atoms with Crippen LogP contribution in [0.4, 0.5) is 10.1 Å². The smallest absolute Gasteiger partial charge is 0.341 e. The number of hydrogen-bond acceptors (Lipinski definition) is 5. The van der Waals surface area contributed by atoms with E-state index in [1.165, 1.54) is 6.20 Å². The molecular formula is C19H17FN4O3. The molecule has 7 nitrogen and oxygen atoms in total. The molecule has 0 aliphatic carbocycles. The summed E-state index contributed by atoms with van der Waals surface area (Å²) >= 11 is 0. The summed E-state index contributed by atoms with van der Waals surface area (Å²) in [5.74, 6) is -1.89. The van der Waals surface area contributed by atoms with E-state index in [9.17, 15) is 19.1 Å². The van der Waals surface area contributed by atoms with Gasteiger partial charge >= 0.3 is 5.97 Å². The summed E-state index contributed by atoms with van der Waals surface area (Å²) in [6.45, 7) is 2.78. The average Bonchev–Trinajstić information content (AvgIpc) is 2.69. The lowest BCUT2D eigenvalue weighted by Gasteiger charge is -2.30. The monoisotopic (exact) mass is 368 g/mol. The summed E-state index contributed by atoms with van der Waals surface area (Å²) in [6.07, 6.45) is 4.42. The van der Waals surface area contributed by atoms with Gasteiger partial charge in [-0.15, -0.1) is 0 Å². The van der Waals surface area contributed by atoms with Crippen LogP contribution >= 0.6 is 0 Å². The summed E-state index contributed by atoms with van der Waals surface area (Å²) in [5, 5.41) is 12.6. The summed E-state index contributed by atoms with van der Waals surface area (Å²) in [4.78, 5) is 30.0. The van der Waals surface area contributed by atoms with Gasteiger partial charge in [0.1, 0.15) is 11.4 Å². The molecular weight excluding hydrogens is 351 g/mol. The van der Waals surface area contributed by atoms with E-state index in [0.29, 0.717) is 30.0 Å². The number of carboxylic acids is 1. The van der Waals surface area contributed by atoms with Crippen LogP contribution in [-0.2, 0) is 0 Å². The maximum absolute atomic E-state index is 14.8. The Morgan fingerprint density at radius 2 is 1.89 bits per heavy atom. The molecule has 4 rings (SSSR count). The fourth-order valence-corrected chi connectivity index (χ4v) is 3.35. The highest BCUT2D eigenvalue weighted by Gasteiger charge is 2.20. The van der Waals surface area contributed by atoms with E-state index in [-0.39, 0.29) is 5.39 Å². The molecule has 0 atom stereocenters. The first-order chi connectivity index (χ1) is 13.1. The Hall–Kier alpha value is -3.26. The van der Waals surface area contributed by atoms with Crippen molar-refractivity contribution in [3.05, 3.63) is 64.5 Å². The predicted octanol–water partition coefficient (Wildman–Crippen LogP) is 1.63. The molecule has 1 aliphatic heterocycles. The fourth-order valence-electron chi connectivity index (χ4n) is 3.35. The van der Waals surface area contributed by atoms with Crippen molar-refractivity contribution in [3.63, 3.8) is 0 Å². The minimum absolute atomic E-state index is 0.0306. The van der Waals surface area contributed by atoms with E-state index < -0.39 is 22.8 Å². The number of carboxylic acid groups (broad SMARTS) is 1. The summed E-state index contributed by atoms with van der Waals surface area (Å²) in [5.41, 5.74) is 0.373. The number of nitrogens with one attached hydrogen (secondary N) is 1. The van der Waals surface area contributed by atoms with Gasteiger partial charge in [-0.1, -0.05) is 0 Å². The number of nitrogens with zero attached hydrogens (tertiary/aromatic N) is 3. The number of hydrogen-bond donors (Lipinski definition) is 2. The van der Waals surface area contributed by atoms with Gasteiger partial charge < -0.3 is 19.9 Å². The Bertz CT molecular complexity index is 1080. The van der Waals surface area contributed by atoms with Gasteiger partial charge in [-0.3, -0.25) is 9.78 Å². The highest BCUT2D eigenvalue weighted by Crippen LogP contribution is 2.27. The standard InChI is InChI=1S/C19H17FN4O3/c20-15-9-13-16(10-17(15)23-7-5-22-6-8-23)24(12-1-3-21-4-2-12)11-14(18(13)25)19(26)27/h1-4,9-11,22H,5-8H2,(H,26,27). The predicted molar refractivity (Wildman–Crippen MR) is 99.3 cm³/mol. The molecule has 3 heterocycles. The molecule has 0 saturated carbocycles. The molecule has 0 bridgehead atoms. The molecule has 2 N–H and O–H groups in total. The van der Waals surface area contributed by atoms with Gasteiger partial charge in [-0.05, 0) is 24.3 Å². The number of benzene rings is 1. The third-order valence-corrected chi connectivity index (χ3v) is 4.70. The Morgan fingerprint density at radius 3 is 2.56 bits per heavy atom. The maximum atomic E-state index is 14.8. The van der Waals surface area contributed by atoms with E-state index >= 15 is 0 Å². The quantitative estimate of drug-likeness (QED) is 0.731. The van der Waals surface area contributed by atoms with Crippen molar-refractivity contribution in [2.24, 2.45) is 0 Å². The molecule has 0 amide bonds. The molecule has 3 aromatic rings. The molecule has 1 fully saturated rings. The van der Waals surface area contributed by atoms with Crippen molar-refractivity contribution in [2.75, 3.05) is 31.1 Å². The van der Waals surface area contributed by atoms with Crippen LogP contribution in [0.2, 0.25) is 0 Å². The van der Waals surface area contributed by atoms with Gasteiger partial charge in [0.15, 0.2) is 0 Å². The zero-order chi connectivity index (χ0) is 19.0. The summed E-state index contributed by atoms with van der Waals surface area (Å²) in [7, 11) is 0. The van der Waals surface area contributed by atoms with Crippen LogP contribution < -0.4 is 15.6 Å². The second-order valence-electron chi connectivity index (χ2n) is 6.31. The zero-order valence-electron chi connectivity index (χ0n) is 14.4. The summed E-state index contributed by atoms with van der Waals surface area (Å²) < 4.78 is 16.4. The second-order valence-corrected chi connectivity index (χ2v) is 6.31. The lowest BCUT2D eigenvalue weighted by atomic mass is 10.1. The topological polar surface area (TPSA) is 87.5 Å². The molecule has 0 unspecified atom stereocenters. The first-order valence-corrected chi connectivity index (χ1v) is 8.54. The fraction of sp³-hybridized carbons (Fsp3) is 0.211. The SMILES string of the molecule is O=C(O)c1cn(-c2ccncc2)c2cc(N3CCNCC3)c(F)cc2c1=O.